The number of amides is 1. The van der Waals surface area contributed by atoms with Crippen LogP contribution in [0, 0.1) is 30.6 Å². The smallest absolute Gasteiger partial charge is 0.252 e. The first-order valence-electron chi connectivity index (χ1n) is 11.0. The van der Waals surface area contributed by atoms with Crippen LogP contribution in [0.1, 0.15) is 45.2 Å². The molecule has 1 amide bonds. The van der Waals surface area contributed by atoms with Gasteiger partial charge >= 0.3 is 0 Å². The second-order valence-corrected chi connectivity index (χ2v) is 13.7. The van der Waals surface area contributed by atoms with Gasteiger partial charge in [0.15, 0.2) is 4.80 Å². The Morgan fingerprint density at radius 2 is 1.43 bits per heavy atom. The normalized spacial score (nSPS) is 21.9. The molecule has 0 aromatic carbocycles. The lowest BCUT2D eigenvalue weighted by Gasteiger charge is -2.58. The average Bonchev–Trinajstić information content (AvgIpc) is 2.75. The lowest BCUT2D eigenvalue weighted by atomic mass is 9.16. The Morgan fingerprint density at radius 3 is 1.80 bits per heavy atom. The van der Waals surface area contributed by atoms with E-state index in [1.807, 2.05) is 15.7 Å². The van der Waals surface area contributed by atoms with Crippen molar-refractivity contribution in [3.63, 3.8) is 0 Å². The van der Waals surface area contributed by atoms with E-state index < -0.39 is 21.3 Å². The van der Waals surface area contributed by atoms with Gasteiger partial charge in [-0.25, -0.2) is 0 Å². The SMILES string of the molecule is BC(C)(F)C(B)(B)C(B)(B)C(B)(B)n1c(C)c(C)s/c1=N\C(=O)C1C(C)(C)C1(C)C. The highest BCUT2D eigenvalue weighted by atomic mass is 32.1. The third kappa shape index (κ3) is 3.38. The number of hydrogen-bond acceptors (Lipinski definition) is 2. The Hall–Kier alpha value is -0.515. The van der Waals surface area contributed by atoms with Gasteiger partial charge in [-0.05, 0) is 36.9 Å². The maximum Gasteiger partial charge on any atom is 0.252 e. The summed E-state index contributed by atoms with van der Waals surface area (Å²) in [6, 6.07) is 0. The molecule has 0 saturated heterocycles. The predicted octanol–water partition coefficient (Wildman–Crippen LogP) is -2.76. The van der Waals surface area contributed by atoms with Crippen LogP contribution >= 0.6 is 11.3 Å². The molecule has 1 aromatic heterocycles. The second-order valence-electron chi connectivity index (χ2n) is 12.5. The minimum absolute atomic E-state index is 0.0429. The summed E-state index contributed by atoms with van der Waals surface area (Å²) in [5.41, 5.74) is -0.377. The van der Waals surface area contributed by atoms with Crippen molar-refractivity contribution in [2.75, 3.05) is 0 Å². The van der Waals surface area contributed by atoms with Gasteiger partial charge in [0.05, 0.1) is 27.2 Å². The van der Waals surface area contributed by atoms with Gasteiger partial charge in [0.2, 0.25) is 0 Å². The van der Waals surface area contributed by atoms with E-state index in [-0.39, 0.29) is 22.7 Å². The van der Waals surface area contributed by atoms with E-state index in [1.54, 1.807) is 26.1 Å². The largest absolute Gasteiger partial charge is 0.332 e. The first-order chi connectivity index (χ1) is 13.1. The molecule has 0 radical (unpaired) electrons. The van der Waals surface area contributed by atoms with Crippen LogP contribution in [-0.2, 0) is 10.1 Å². The van der Waals surface area contributed by atoms with Crippen LogP contribution < -0.4 is 4.80 Å². The van der Waals surface area contributed by atoms with Gasteiger partial charge in [-0.15, -0.1) is 11.3 Å². The van der Waals surface area contributed by atoms with Crippen molar-refractivity contribution in [1.82, 2.24) is 4.57 Å². The standard InChI is InChI=1S/C18H36B7FN2OS/c1-8-9(2)30-12(27-11(29)10-13(3,4)14(10,5)6)28(8)18(24,25)17(22,23)16(20,21)15(7,19)26/h10H,19-25H2,1-7H3/b27-12-. The summed E-state index contributed by atoms with van der Waals surface area (Å²) in [7, 11) is 14.2. The van der Waals surface area contributed by atoms with Crippen molar-refractivity contribution < 1.29 is 9.18 Å². The van der Waals surface area contributed by atoms with E-state index in [0.29, 0.717) is 0 Å². The quantitative estimate of drug-likeness (QED) is 0.473. The van der Waals surface area contributed by atoms with E-state index in [9.17, 15) is 4.79 Å². The van der Waals surface area contributed by atoms with Gasteiger partial charge in [0, 0.05) is 10.6 Å². The Morgan fingerprint density at radius 1 is 1.00 bits per heavy atom. The van der Waals surface area contributed by atoms with Crippen LogP contribution in [0.5, 0.6) is 0 Å². The molecule has 1 aromatic rings. The molecule has 12 heteroatoms. The van der Waals surface area contributed by atoms with Crippen molar-refractivity contribution in [3.05, 3.63) is 15.4 Å². The monoisotopic (exact) mass is 424 g/mol. The van der Waals surface area contributed by atoms with E-state index in [4.69, 9.17) is 0 Å². The molecule has 0 aliphatic heterocycles. The molecule has 1 unspecified atom stereocenters. The minimum Gasteiger partial charge on any atom is -0.332 e. The first kappa shape index (κ1) is 25.7. The van der Waals surface area contributed by atoms with E-state index in [0.717, 1.165) is 15.4 Å². The van der Waals surface area contributed by atoms with Crippen LogP contribution in [0.2, 0.25) is 10.4 Å². The van der Waals surface area contributed by atoms with Gasteiger partial charge in [-0.3, -0.25) is 9.18 Å². The zero-order chi connectivity index (χ0) is 23.9. The van der Waals surface area contributed by atoms with Gasteiger partial charge in [-0.2, -0.15) is 4.99 Å². The molecule has 1 saturated carbocycles. The number of nitrogens with zero attached hydrogens (tertiary/aromatic N) is 2. The molecule has 1 atom stereocenters. The molecule has 1 heterocycles. The lowest BCUT2D eigenvalue weighted by molar-refractivity contribution is -0.120. The molecule has 1 aliphatic carbocycles. The van der Waals surface area contributed by atoms with Gasteiger partial charge in [-0.1, -0.05) is 38.1 Å². The van der Waals surface area contributed by atoms with Crippen molar-refractivity contribution in [2.24, 2.45) is 21.7 Å². The number of thiazole rings is 1. The molecule has 0 N–H and O–H groups in total. The molecule has 2 rings (SSSR count). The highest BCUT2D eigenvalue weighted by Gasteiger charge is 2.68. The van der Waals surface area contributed by atoms with Crippen molar-refractivity contribution in [1.29, 1.82) is 0 Å². The summed E-state index contributed by atoms with van der Waals surface area (Å²) < 4.78 is 17.5. The maximum atomic E-state index is 15.3. The average molecular weight is 423 g/mol. The Kier molecular flexibility index (Phi) is 6.00. The highest BCUT2D eigenvalue weighted by Crippen LogP contribution is 2.68. The molecule has 0 bridgehead atoms. The number of rotatable bonds is 5. The molecule has 30 heavy (non-hydrogen) atoms. The van der Waals surface area contributed by atoms with Crippen LogP contribution in [-0.4, -0.2) is 71.0 Å². The van der Waals surface area contributed by atoms with Crippen LogP contribution in [0.25, 0.3) is 0 Å². The zero-order valence-corrected chi connectivity index (χ0v) is 22.5. The molecule has 1 aliphatic rings. The molecule has 158 valence electrons. The molecule has 3 nitrogen and oxygen atoms in total. The summed E-state index contributed by atoms with van der Waals surface area (Å²) in [4.78, 5) is 19.7. The summed E-state index contributed by atoms with van der Waals surface area (Å²) in [5.74, 6) is -0.114. The fourth-order valence-electron chi connectivity index (χ4n) is 5.05. The number of aryl methyl sites for hydroxylation is 1. The van der Waals surface area contributed by atoms with Gasteiger partial charge in [0.25, 0.3) is 5.91 Å². The van der Waals surface area contributed by atoms with Gasteiger partial charge in [0.1, 0.15) is 39.2 Å². The molecule has 1 fully saturated rings. The Balaban J connectivity index is 2.68. The number of carbonyl (C=O) groups is 1. The molecule has 0 spiro atoms. The van der Waals surface area contributed by atoms with Crippen LogP contribution in [0.3, 0.4) is 0 Å². The summed E-state index contributed by atoms with van der Waals surface area (Å²) >= 11 is 1.56. The van der Waals surface area contributed by atoms with Crippen molar-refractivity contribution in [2.45, 2.75) is 69.8 Å². The van der Waals surface area contributed by atoms with Crippen LogP contribution in [0.4, 0.5) is 4.39 Å². The van der Waals surface area contributed by atoms with Gasteiger partial charge < -0.3 is 4.57 Å². The van der Waals surface area contributed by atoms with Crippen molar-refractivity contribution in [3.8, 4) is 0 Å². The summed E-state index contributed by atoms with van der Waals surface area (Å²) in [6.45, 7) is 14.4. The van der Waals surface area contributed by atoms with Crippen molar-refractivity contribution >= 4 is 72.2 Å². The predicted molar refractivity (Wildman–Crippen MR) is 146 cm³/mol. The number of aromatic nitrogens is 1. The Bertz CT molecular complexity index is 927. The Labute approximate surface area is 192 Å². The zero-order valence-electron chi connectivity index (χ0n) is 21.7. The fraction of sp³-hybridized carbons (Fsp3) is 0.778. The third-order valence-corrected chi connectivity index (χ3v) is 10.9. The topological polar surface area (TPSA) is 34.4 Å². The number of alkyl halides is 1. The van der Waals surface area contributed by atoms with E-state index in [2.05, 4.69) is 82.5 Å². The highest BCUT2D eigenvalue weighted by molar-refractivity contribution is 7.09. The number of carbonyl (C=O) groups excluding carboxylic acids is 1. The van der Waals surface area contributed by atoms with E-state index in [1.165, 1.54) is 0 Å². The summed E-state index contributed by atoms with van der Waals surface area (Å²) in [5, 5.41) is -1.53. The fourth-order valence-corrected chi connectivity index (χ4v) is 6.15. The number of halogens is 1. The second kappa shape index (κ2) is 6.99. The maximum absolute atomic E-state index is 15.3. The van der Waals surface area contributed by atoms with E-state index >= 15 is 4.39 Å². The lowest BCUT2D eigenvalue weighted by Crippen LogP contribution is -2.61. The number of hydrogen-bond donors (Lipinski definition) is 0. The third-order valence-electron chi connectivity index (χ3n) is 9.89. The molecular weight excluding hydrogens is 387 g/mol. The summed E-state index contributed by atoms with van der Waals surface area (Å²) in [6.07, 6.45) is 0. The minimum atomic E-state index is -1.37. The molecular formula is C18H36B7FN2OS. The first-order valence-corrected chi connectivity index (χ1v) is 11.9. The van der Waals surface area contributed by atoms with Crippen LogP contribution in [0.15, 0.2) is 4.99 Å².